The maximum absolute atomic E-state index is 10.6. The maximum Gasteiger partial charge on any atom is 0.189 e. The van der Waals surface area contributed by atoms with Crippen LogP contribution in [0.5, 0.6) is 23.0 Å². The van der Waals surface area contributed by atoms with Crippen molar-refractivity contribution < 1.29 is 38.1 Å². The van der Waals surface area contributed by atoms with Gasteiger partial charge in [0.25, 0.3) is 0 Å². The molecular formula is C126H244N8O8Si6. The largest absolute Gasteiger partial charge is 0.508 e. The molecular weight excluding hydrogens is 1920 g/mol. The second kappa shape index (κ2) is 85.5. The number of phenolic OH excluding ortho intramolecular Hbond substituents is 4. The lowest BCUT2D eigenvalue weighted by Gasteiger charge is -2.35. The van der Waals surface area contributed by atoms with E-state index in [4.69, 9.17) is 17.7 Å². The quantitative estimate of drug-likeness (QED) is 0.0114. The molecule has 0 saturated heterocycles. The minimum Gasteiger partial charge on any atom is -0.508 e. The Balaban J connectivity index is 0.000000989. The van der Waals surface area contributed by atoms with Gasteiger partial charge in [-0.1, -0.05) is 332 Å². The first-order chi connectivity index (χ1) is 70.6. The van der Waals surface area contributed by atoms with Crippen molar-refractivity contribution in [3.8, 4) is 23.0 Å². The molecule has 0 aliphatic rings. The lowest BCUT2D eigenvalue weighted by atomic mass is 10.00. The van der Waals surface area contributed by atoms with E-state index in [1.807, 2.05) is 80.9 Å². The zero-order chi connectivity index (χ0) is 111. The van der Waals surface area contributed by atoms with Gasteiger partial charge < -0.3 is 79.8 Å². The van der Waals surface area contributed by atoms with Crippen molar-refractivity contribution in [2.45, 2.75) is 513 Å². The maximum atomic E-state index is 10.6. The molecule has 16 nitrogen and oxygen atoms in total. The molecule has 0 amide bonds. The van der Waals surface area contributed by atoms with E-state index in [0.29, 0.717) is 23.0 Å². The van der Waals surface area contributed by atoms with Crippen LogP contribution in [0.1, 0.15) is 393 Å². The molecule has 0 heterocycles. The molecule has 4 rings (SSSR count). The van der Waals surface area contributed by atoms with E-state index in [1.165, 1.54) is 292 Å². The monoisotopic (exact) mass is 2170 g/mol. The summed E-state index contributed by atoms with van der Waals surface area (Å²) in [6, 6.07) is 25.5. The molecule has 8 atom stereocenters. The van der Waals surface area contributed by atoms with Gasteiger partial charge in [-0.3, -0.25) is 0 Å². The van der Waals surface area contributed by atoms with Gasteiger partial charge in [0.15, 0.2) is 33.3 Å². The highest BCUT2D eigenvalue weighted by Crippen LogP contribution is 2.43. The summed E-state index contributed by atoms with van der Waals surface area (Å²) in [5.41, 5.74) is 14.1. The Kier molecular flexibility index (Phi) is 82.3. The van der Waals surface area contributed by atoms with Crippen LogP contribution in [0.3, 0.4) is 0 Å². The number of hydrogen-bond acceptors (Lipinski definition) is 16. The molecule has 0 aromatic heterocycles. The lowest BCUT2D eigenvalue weighted by molar-refractivity contribution is 0.315. The minimum absolute atomic E-state index is 0.166. The van der Waals surface area contributed by atoms with E-state index >= 15 is 0 Å². The molecule has 4 aromatic carbocycles. The molecule has 22 heteroatoms. The summed E-state index contributed by atoms with van der Waals surface area (Å²) in [7, 11) is 11.4. The van der Waals surface area contributed by atoms with Crippen LogP contribution in [0.25, 0.3) is 0 Å². The van der Waals surface area contributed by atoms with Gasteiger partial charge in [0.2, 0.25) is 0 Å². The third-order valence-electron chi connectivity index (χ3n) is 33.0. The third kappa shape index (κ3) is 66.8. The smallest absolute Gasteiger partial charge is 0.189 e. The fraction of sp³-hybridized carbons (Fsp3) is 0.778. The molecule has 0 spiro atoms. The predicted octanol–water partition coefficient (Wildman–Crippen LogP) is 34.2. The summed E-state index contributed by atoms with van der Waals surface area (Å²) in [6.45, 7) is 57.7. The highest BCUT2D eigenvalue weighted by Gasteiger charge is 2.38. The second-order valence-electron chi connectivity index (χ2n) is 48.9. The Morgan fingerprint density at radius 2 is 0.527 bits per heavy atom. The van der Waals surface area contributed by atoms with Crippen LogP contribution in [-0.2, 0) is 56.5 Å². The number of aryl methyl sites for hydroxylation is 4. The molecule has 860 valence electrons. The number of phenols is 4. The zero-order valence-electron chi connectivity index (χ0n) is 103. The Hall–Kier alpha value is -3.62. The van der Waals surface area contributed by atoms with E-state index in [1.54, 1.807) is 0 Å². The van der Waals surface area contributed by atoms with Gasteiger partial charge in [0.05, 0.1) is 0 Å². The molecule has 0 saturated carbocycles. The van der Waals surface area contributed by atoms with Gasteiger partial charge in [-0.05, 0) is 369 Å². The van der Waals surface area contributed by atoms with Gasteiger partial charge in [-0.25, -0.2) is 0 Å². The van der Waals surface area contributed by atoms with Crippen LogP contribution in [0.15, 0.2) is 97.1 Å². The molecule has 0 bridgehead atoms. The highest BCUT2D eigenvalue weighted by atomic mass is 28.4. The van der Waals surface area contributed by atoms with Gasteiger partial charge >= 0.3 is 0 Å². The molecule has 148 heavy (non-hydrogen) atoms. The van der Waals surface area contributed by atoms with Crippen molar-refractivity contribution in [3.05, 3.63) is 142 Å². The number of rotatable bonds is 88. The summed E-state index contributed by atoms with van der Waals surface area (Å²) in [5.74, 6) is 1.76. The van der Waals surface area contributed by atoms with E-state index in [2.05, 4.69) is 262 Å². The first-order valence-corrected chi connectivity index (χ1v) is 79.9. The number of nitrogens with zero attached hydrogens (tertiary/aromatic N) is 2. The average Bonchev–Trinajstić information content (AvgIpc) is 0.749. The minimum atomic E-state index is -1.66. The standard InChI is InChI=1S/C33H66N2O3Si2.C33H66N2O2Si2.C30H56N2O2Si.C30H56N2OSi/c1-10-18-30(39(6,7)37-4)22-23-31(40(8,9)38-5)20-16-14-12-11-13-15-19-29-21-24-32(33(36)27-29)28(2)35-26-17-25-34-3;1-10-18-31(38(5,6)7)23-24-32(39(8,9)37-4)20-16-14-12-11-13-15-19-29-21-22-30(33(36)27-29)28-35(3)26-17-25-34-2;1-7-18-28(35(5,6)34-4)20-16-14-12-10-8-9-11-13-15-19-27-21-22-29(30(33)25-27)26(2)32-24-17-23-31-3;1-7-18-29(34(4,5)6)20-16-14-12-10-8-9-11-13-15-19-27-21-22-28(30(33)25-27)26-32(3)24-17-23-31-2/h21,24,27-28,30-31,34-36H,10-20,22-23,25-26H2,1-9H3;21-22,27,31-32,34,36H,10-20,23-26,28H2,1-9H3;12,14,21-22,25-26,28,31-33H,7-11,13,15-20,23-24H2,1-6H3;12,14,21-22,25,29,31,33H,7-11,13,15-20,23-24,26H2,1-6H3/b;;14-12+;14-12-. The van der Waals surface area contributed by atoms with Crippen LogP contribution in [0.2, 0.25) is 125 Å². The van der Waals surface area contributed by atoms with Gasteiger partial charge in [0.1, 0.15) is 23.0 Å². The summed E-state index contributed by atoms with van der Waals surface area (Å²) in [6.07, 6.45) is 73.1. The number of unbranched alkanes of at least 4 members (excludes halogenated alkanes) is 20. The SMILES string of the molecule is CCCC(CC/C=C/CCCCCCCc1ccc(C(C)NCCCNC)c(O)c1)[Si](C)(C)OC.CCCC(CC/C=C\CCCCCCCc1ccc(CN(C)CCCNC)c(O)c1)[Si](C)(C)C.CCCC(CCC(CCCCCCCCc1ccc(C(C)NCCCNC)c(O)c1)[Si](C)(C)OC)[Si](C)(C)OC.CCCC(CCC(CCCCCCCCc1ccc(CN(C)CCCNC)c(O)c1)[Si](C)(C)OC)[Si](C)(C)C. The van der Waals surface area contributed by atoms with E-state index in [0.717, 1.165) is 172 Å². The van der Waals surface area contributed by atoms with Gasteiger partial charge in [0, 0.05) is 92.0 Å². The third-order valence-corrected chi connectivity index (χ3v) is 53.4. The van der Waals surface area contributed by atoms with E-state index in [9.17, 15) is 20.4 Å². The number of aromatic hydroxyl groups is 4. The Labute approximate surface area is 923 Å². The molecule has 0 aliphatic carbocycles. The van der Waals surface area contributed by atoms with Crippen molar-refractivity contribution in [3.63, 3.8) is 0 Å². The number of benzene rings is 4. The molecule has 0 fully saturated rings. The van der Waals surface area contributed by atoms with Crippen molar-refractivity contribution in [2.75, 3.05) is 123 Å². The van der Waals surface area contributed by atoms with Crippen molar-refractivity contribution >= 4 is 49.4 Å². The van der Waals surface area contributed by atoms with Crippen LogP contribution in [0, 0.1) is 0 Å². The van der Waals surface area contributed by atoms with Crippen molar-refractivity contribution in [1.29, 1.82) is 0 Å². The van der Waals surface area contributed by atoms with Crippen molar-refractivity contribution in [1.82, 2.24) is 41.7 Å². The number of nitrogens with one attached hydrogen (secondary N) is 6. The summed E-state index contributed by atoms with van der Waals surface area (Å²) in [4.78, 5) is 4.56. The zero-order valence-corrected chi connectivity index (χ0v) is 109. The Bertz CT molecular complexity index is 3900. The molecule has 8 unspecified atom stereocenters. The fourth-order valence-corrected chi connectivity index (χ4v) is 34.5. The normalized spacial score (nSPS) is 14.1. The Morgan fingerprint density at radius 3 is 0.824 bits per heavy atom. The first kappa shape index (κ1) is 142. The van der Waals surface area contributed by atoms with Crippen LogP contribution >= 0.6 is 0 Å². The van der Waals surface area contributed by atoms with Crippen LogP contribution in [-0.4, -0.2) is 203 Å². The fourth-order valence-electron chi connectivity index (χ4n) is 21.6. The predicted molar refractivity (Wildman–Crippen MR) is 669 cm³/mol. The van der Waals surface area contributed by atoms with Crippen LogP contribution in [0.4, 0.5) is 0 Å². The molecule has 4 aromatic rings. The molecule has 0 aliphatic heterocycles. The number of allylic oxidation sites excluding steroid dienone is 4. The van der Waals surface area contributed by atoms with E-state index < -0.39 is 49.4 Å². The van der Waals surface area contributed by atoms with E-state index in [-0.39, 0.29) is 12.1 Å². The summed E-state index contributed by atoms with van der Waals surface area (Å²) in [5, 5.41) is 61.7. The van der Waals surface area contributed by atoms with Crippen LogP contribution < -0.4 is 31.9 Å². The summed E-state index contributed by atoms with van der Waals surface area (Å²) < 4.78 is 24.1. The average molecular weight is 2170 g/mol. The van der Waals surface area contributed by atoms with Gasteiger partial charge in [-0.15, -0.1) is 0 Å². The molecule has 10 N–H and O–H groups in total. The topological polar surface area (TPSA) is 196 Å². The van der Waals surface area contributed by atoms with Crippen molar-refractivity contribution in [2.24, 2.45) is 0 Å². The lowest BCUT2D eigenvalue weighted by Crippen LogP contribution is -2.38. The second-order valence-corrected chi connectivity index (χ2v) is 77.7. The Morgan fingerprint density at radius 1 is 0.277 bits per heavy atom. The molecule has 0 radical (unpaired) electrons. The number of hydrogen-bond donors (Lipinski definition) is 10. The highest BCUT2D eigenvalue weighted by molar-refractivity contribution is 6.78. The van der Waals surface area contributed by atoms with Gasteiger partial charge in [-0.2, -0.15) is 0 Å². The first-order valence-electron chi connectivity index (χ1n) is 60.8. The summed E-state index contributed by atoms with van der Waals surface area (Å²) >= 11 is 0.